The van der Waals surface area contributed by atoms with Crippen LogP contribution in [0.2, 0.25) is 0 Å². The molecular formula is C52H46N8O7. The van der Waals surface area contributed by atoms with Crippen LogP contribution in [0.5, 0.6) is 0 Å². The molecule has 8 rings (SSSR count). The molecule has 0 saturated heterocycles. The van der Waals surface area contributed by atoms with Gasteiger partial charge in [0.05, 0.1) is 41.2 Å². The summed E-state index contributed by atoms with van der Waals surface area (Å²) in [7, 11) is 0. The first kappa shape index (κ1) is 45.0. The Hall–Kier alpha value is -8.56. The van der Waals surface area contributed by atoms with E-state index in [9.17, 15) is 24.3 Å². The summed E-state index contributed by atoms with van der Waals surface area (Å²) < 4.78 is 14.3. The molecule has 4 aromatic carbocycles. The summed E-state index contributed by atoms with van der Waals surface area (Å²) in [6.45, 7) is 1.51. The van der Waals surface area contributed by atoms with Gasteiger partial charge in [-0.3, -0.25) is 9.59 Å². The molecule has 336 valence electrons. The number of aliphatic hydroxyl groups is 1. The van der Waals surface area contributed by atoms with Gasteiger partial charge in [0.15, 0.2) is 17.7 Å². The number of pyridine rings is 2. The predicted molar refractivity (Wildman–Crippen MR) is 249 cm³/mol. The molecule has 4 unspecified atom stereocenters. The van der Waals surface area contributed by atoms with Crippen LogP contribution in [-0.2, 0) is 31.9 Å². The number of amides is 2. The number of esters is 2. The Morgan fingerprint density at radius 3 is 1.45 bits per heavy atom. The number of hydrogen-bond acceptors (Lipinski definition) is 11. The highest BCUT2D eigenvalue weighted by Gasteiger charge is 2.39. The van der Waals surface area contributed by atoms with Crippen molar-refractivity contribution in [2.24, 2.45) is 0 Å². The molecule has 0 saturated carbocycles. The first-order valence-electron chi connectivity index (χ1n) is 21.6. The van der Waals surface area contributed by atoms with Gasteiger partial charge in [-0.05, 0) is 67.3 Å². The number of ether oxygens (including phenoxy) is 2. The first-order valence-corrected chi connectivity index (χ1v) is 21.6. The lowest BCUT2D eigenvalue weighted by Crippen LogP contribution is -2.54. The molecule has 0 aliphatic rings. The highest BCUT2D eigenvalue weighted by molar-refractivity contribution is 5.98. The van der Waals surface area contributed by atoms with Crippen molar-refractivity contribution in [2.45, 2.75) is 44.1 Å². The van der Waals surface area contributed by atoms with Gasteiger partial charge in [-0.1, -0.05) is 121 Å². The molecule has 0 aliphatic carbocycles. The molecule has 8 aromatic rings. The van der Waals surface area contributed by atoms with Gasteiger partial charge >= 0.3 is 11.9 Å². The van der Waals surface area contributed by atoms with Crippen molar-refractivity contribution in [3.8, 4) is 34.2 Å². The highest BCUT2D eigenvalue weighted by Crippen LogP contribution is 2.22. The molecule has 15 heteroatoms. The third kappa shape index (κ3) is 11.0. The second-order valence-electron chi connectivity index (χ2n) is 15.4. The Bertz CT molecular complexity index is 2930. The average molecular weight is 895 g/mol. The van der Waals surface area contributed by atoms with Crippen molar-refractivity contribution in [3.63, 3.8) is 0 Å². The Balaban J connectivity index is 1.07. The molecular weight excluding hydrogens is 849 g/mol. The minimum atomic E-state index is -2.02. The van der Waals surface area contributed by atoms with Crippen LogP contribution in [0.1, 0.15) is 38.8 Å². The summed E-state index contributed by atoms with van der Waals surface area (Å²) in [6, 6.07) is 44.4. The van der Waals surface area contributed by atoms with Gasteiger partial charge in [0.1, 0.15) is 0 Å². The third-order valence-electron chi connectivity index (χ3n) is 10.8. The fourth-order valence-corrected chi connectivity index (χ4v) is 7.50. The smallest absolute Gasteiger partial charge is 0.349 e. The Kier molecular flexibility index (Phi) is 14.4. The number of aromatic nitrogens is 6. The van der Waals surface area contributed by atoms with Crippen molar-refractivity contribution in [3.05, 3.63) is 205 Å². The largest absolute Gasteiger partial charge is 0.463 e. The summed E-state index contributed by atoms with van der Waals surface area (Å²) in [4.78, 5) is 65.8. The Morgan fingerprint density at radius 2 is 0.985 bits per heavy atom. The quantitative estimate of drug-likeness (QED) is 0.0808. The zero-order valence-electron chi connectivity index (χ0n) is 36.3. The first-order chi connectivity index (χ1) is 32.7. The molecule has 0 bridgehead atoms. The number of nitrogens with one attached hydrogen (secondary N) is 2. The van der Waals surface area contributed by atoms with Gasteiger partial charge in [-0.2, -0.15) is 10.2 Å². The van der Waals surface area contributed by atoms with E-state index >= 15 is 0 Å². The Labute approximate surface area is 386 Å². The summed E-state index contributed by atoms with van der Waals surface area (Å²) in [5.74, 6) is -3.11. The molecule has 4 aromatic heterocycles. The van der Waals surface area contributed by atoms with E-state index in [4.69, 9.17) is 9.47 Å². The number of rotatable bonds is 18. The lowest BCUT2D eigenvalue weighted by molar-refractivity contribution is -0.175. The van der Waals surface area contributed by atoms with E-state index in [1.54, 1.807) is 104 Å². The summed E-state index contributed by atoms with van der Waals surface area (Å²) in [5, 5.41) is 27.0. The zero-order valence-corrected chi connectivity index (χ0v) is 36.3. The number of carbonyl (C=O) groups is 4. The summed E-state index contributed by atoms with van der Waals surface area (Å²) in [5.41, 5.74) is 4.66. The van der Waals surface area contributed by atoms with E-state index in [1.165, 1.54) is 21.8 Å². The van der Waals surface area contributed by atoms with Crippen LogP contribution in [0.4, 0.5) is 0 Å². The van der Waals surface area contributed by atoms with Crippen molar-refractivity contribution < 1.29 is 33.8 Å². The highest BCUT2D eigenvalue weighted by atomic mass is 16.6. The van der Waals surface area contributed by atoms with Gasteiger partial charge in [0.25, 0.3) is 11.8 Å². The van der Waals surface area contributed by atoms with Gasteiger partial charge in [0, 0.05) is 35.9 Å². The van der Waals surface area contributed by atoms with E-state index in [1.807, 2.05) is 72.8 Å². The topological polar surface area (TPSA) is 192 Å². The number of hydrogen-bond donors (Lipinski definition) is 3. The van der Waals surface area contributed by atoms with Crippen LogP contribution in [0, 0.1) is 0 Å². The fraction of sp³-hybridized carbons (Fsp3) is 0.154. The zero-order chi connectivity index (χ0) is 46.5. The molecule has 2 amide bonds. The molecule has 0 spiro atoms. The normalized spacial score (nSPS) is 12.8. The third-order valence-corrected chi connectivity index (χ3v) is 10.8. The van der Waals surface area contributed by atoms with E-state index in [-0.39, 0.29) is 42.2 Å². The number of aliphatic hydroxyl groups excluding tert-OH is 1. The van der Waals surface area contributed by atoms with Gasteiger partial charge in [0.2, 0.25) is 6.10 Å². The number of benzene rings is 4. The van der Waals surface area contributed by atoms with Crippen molar-refractivity contribution in [1.82, 2.24) is 40.2 Å². The fourth-order valence-electron chi connectivity index (χ4n) is 7.50. The lowest BCUT2D eigenvalue weighted by atomic mass is 9.99. The molecule has 0 aliphatic heterocycles. The SMILES string of the molecule is CCOC(=O)C(OC(=O)C(O)C(Cc1ccccc1)NC(=O)c1cccnc1-n1ccc(-c2ccccc2)n1)C(Cc1ccccc1)NC(=O)c1cccnc1-n1ccc(-c2ccccc2)n1. The van der Waals surface area contributed by atoms with Crippen LogP contribution < -0.4 is 10.6 Å². The Morgan fingerprint density at radius 1 is 0.552 bits per heavy atom. The maximum absolute atomic E-state index is 14.4. The minimum absolute atomic E-state index is 0.00232. The molecule has 0 radical (unpaired) electrons. The standard InChI is InChI=1S/C52H46N8O7/c1-2-66-52(65)46(44(34-36-19-9-4-10-20-36)56-50(63)40-26-16-30-54-48(40)60-32-28-42(58-60)38-23-13-6-14-24-38)67-51(64)45(61)43(33-35-17-7-3-8-18-35)55-49(62)39-25-15-29-53-47(39)59-31-27-41(57-59)37-21-11-5-12-22-37/h3-32,43-46,61H,2,33-34H2,1H3,(H,55,62)(H,56,63). The average Bonchev–Trinajstić information content (AvgIpc) is 4.08. The van der Waals surface area contributed by atoms with Crippen LogP contribution >= 0.6 is 0 Å². The molecule has 4 heterocycles. The van der Waals surface area contributed by atoms with Gasteiger partial charge in [-0.15, -0.1) is 0 Å². The van der Waals surface area contributed by atoms with E-state index in [2.05, 4.69) is 30.8 Å². The van der Waals surface area contributed by atoms with Crippen LogP contribution in [-0.4, -0.2) is 89.3 Å². The van der Waals surface area contributed by atoms with E-state index in [0.29, 0.717) is 22.5 Å². The number of nitrogens with zero attached hydrogens (tertiary/aromatic N) is 6. The molecule has 0 fully saturated rings. The molecule has 67 heavy (non-hydrogen) atoms. The van der Waals surface area contributed by atoms with Crippen molar-refractivity contribution in [2.75, 3.05) is 6.61 Å². The molecule has 4 atom stereocenters. The lowest BCUT2D eigenvalue weighted by Gasteiger charge is -2.29. The van der Waals surface area contributed by atoms with Gasteiger partial charge in [-0.25, -0.2) is 28.9 Å². The molecule has 3 N–H and O–H groups in total. The second-order valence-corrected chi connectivity index (χ2v) is 15.4. The maximum Gasteiger partial charge on any atom is 0.349 e. The van der Waals surface area contributed by atoms with E-state index in [0.717, 1.165) is 11.1 Å². The second kappa shape index (κ2) is 21.4. The minimum Gasteiger partial charge on any atom is -0.463 e. The monoisotopic (exact) mass is 894 g/mol. The van der Waals surface area contributed by atoms with E-state index < -0.39 is 48.0 Å². The van der Waals surface area contributed by atoms with Crippen LogP contribution in [0.25, 0.3) is 34.2 Å². The number of carbonyl (C=O) groups excluding carboxylic acids is 4. The maximum atomic E-state index is 14.4. The van der Waals surface area contributed by atoms with Gasteiger partial charge < -0.3 is 25.2 Å². The van der Waals surface area contributed by atoms with Crippen molar-refractivity contribution in [1.29, 1.82) is 0 Å². The molecule has 15 nitrogen and oxygen atoms in total. The summed E-state index contributed by atoms with van der Waals surface area (Å²) in [6.07, 6.45) is 2.62. The van der Waals surface area contributed by atoms with Crippen LogP contribution in [0.3, 0.4) is 0 Å². The summed E-state index contributed by atoms with van der Waals surface area (Å²) >= 11 is 0. The predicted octanol–water partition coefficient (Wildman–Crippen LogP) is 6.40. The van der Waals surface area contributed by atoms with Crippen molar-refractivity contribution >= 4 is 23.8 Å². The van der Waals surface area contributed by atoms with Crippen LogP contribution in [0.15, 0.2) is 183 Å².